The van der Waals surface area contributed by atoms with Gasteiger partial charge in [-0.05, 0) is 54.1 Å². The molecule has 0 fully saturated rings. The van der Waals surface area contributed by atoms with Gasteiger partial charge in [0.15, 0.2) is 0 Å². The molecule has 0 radical (unpaired) electrons. The third kappa shape index (κ3) is 7.26. The number of para-hydroxylation sites is 1. The minimum atomic E-state index is -0.487. The number of aromatic nitrogens is 2. The summed E-state index contributed by atoms with van der Waals surface area (Å²) in [6, 6.07) is 33.9. The van der Waals surface area contributed by atoms with Crippen molar-refractivity contribution in [3.8, 4) is 22.7 Å². The average molecular weight is 564 g/mol. The fourth-order valence-electron chi connectivity index (χ4n) is 3.98. The van der Waals surface area contributed by atoms with Crippen LogP contribution in [-0.2, 0) is 11.4 Å². The fraction of sp³-hybridized carbons (Fsp3) is 0.0625. The highest BCUT2D eigenvalue weighted by Crippen LogP contribution is 2.25. The summed E-state index contributed by atoms with van der Waals surface area (Å²) >= 11 is 6.05. The molecule has 5 aromatic rings. The Morgan fingerprint density at radius 2 is 1.56 bits per heavy atom. The molecule has 2 N–H and O–H groups in total. The number of amides is 2. The van der Waals surface area contributed by atoms with E-state index in [2.05, 4.69) is 15.8 Å². The molecule has 1 aromatic heterocycles. The molecule has 0 aliphatic rings. The summed E-state index contributed by atoms with van der Waals surface area (Å²) < 4.78 is 7.67. The lowest BCUT2D eigenvalue weighted by molar-refractivity contribution is -0.120. The number of benzene rings is 4. The van der Waals surface area contributed by atoms with E-state index in [-0.39, 0.29) is 6.54 Å². The zero-order chi connectivity index (χ0) is 28.4. The monoisotopic (exact) mass is 563 g/mol. The largest absolute Gasteiger partial charge is 0.489 e. The van der Waals surface area contributed by atoms with Gasteiger partial charge in [-0.3, -0.25) is 9.59 Å². The molecule has 41 heavy (non-hydrogen) atoms. The highest BCUT2D eigenvalue weighted by atomic mass is 35.5. The standard InChI is InChI=1S/C32H26ClN5O3/c33-29-14-8-7-13-28(29)32(40)34-20-30(39)36-35-19-25-21-38(26-11-5-2-6-12-26)37-31(25)24-15-17-27(18-16-24)41-22-23-9-3-1-4-10-23/h1-19,21H,20,22H2,(H,34,40)(H,36,39). The number of halogens is 1. The molecule has 0 unspecified atom stereocenters. The number of rotatable bonds is 10. The van der Waals surface area contributed by atoms with Crippen LogP contribution >= 0.6 is 11.6 Å². The van der Waals surface area contributed by atoms with Crippen LogP contribution in [0.4, 0.5) is 0 Å². The van der Waals surface area contributed by atoms with Gasteiger partial charge in [0.25, 0.3) is 11.8 Å². The topological polar surface area (TPSA) is 97.6 Å². The fourth-order valence-corrected chi connectivity index (χ4v) is 4.21. The predicted molar refractivity (Wildman–Crippen MR) is 159 cm³/mol. The molecule has 4 aromatic carbocycles. The summed E-state index contributed by atoms with van der Waals surface area (Å²) in [5.41, 5.74) is 6.92. The van der Waals surface area contributed by atoms with Gasteiger partial charge in [-0.2, -0.15) is 10.2 Å². The molecule has 5 rings (SSSR count). The van der Waals surface area contributed by atoms with Crippen molar-refractivity contribution in [3.63, 3.8) is 0 Å². The van der Waals surface area contributed by atoms with Crippen molar-refractivity contribution >= 4 is 29.6 Å². The van der Waals surface area contributed by atoms with Crippen molar-refractivity contribution in [3.05, 3.63) is 137 Å². The molecule has 0 saturated heterocycles. The van der Waals surface area contributed by atoms with E-state index < -0.39 is 11.8 Å². The molecular weight excluding hydrogens is 538 g/mol. The lowest BCUT2D eigenvalue weighted by Crippen LogP contribution is -2.35. The summed E-state index contributed by atoms with van der Waals surface area (Å²) in [7, 11) is 0. The van der Waals surface area contributed by atoms with Gasteiger partial charge in [0, 0.05) is 17.3 Å². The first-order valence-electron chi connectivity index (χ1n) is 12.8. The van der Waals surface area contributed by atoms with Crippen molar-refractivity contribution in [2.75, 3.05) is 6.54 Å². The summed E-state index contributed by atoms with van der Waals surface area (Å²) in [5.74, 6) is -0.197. The van der Waals surface area contributed by atoms with Crippen LogP contribution in [0, 0.1) is 0 Å². The van der Waals surface area contributed by atoms with Crippen LogP contribution in [0.25, 0.3) is 16.9 Å². The maximum absolute atomic E-state index is 12.3. The smallest absolute Gasteiger partial charge is 0.259 e. The van der Waals surface area contributed by atoms with E-state index in [0.29, 0.717) is 28.5 Å². The van der Waals surface area contributed by atoms with Crippen molar-refractivity contribution in [1.29, 1.82) is 0 Å². The van der Waals surface area contributed by atoms with E-state index >= 15 is 0 Å². The Bertz CT molecular complexity index is 1650. The summed E-state index contributed by atoms with van der Waals surface area (Å²) in [5, 5.41) is 11.7. The number of carbonyl (C=O) groups excluding carboxylic acids is 2. The third-order valence-corrected chi connectivity index (χ3v) is 6.39. The molecule has 0 aliphatic heterocycles. The molecule has 1 heterocycles. The van der Waals surface area contributed by atoms with Gasteiger partial charge in [0.1, 0.15) is 18.1 Å². The molecule has 2 amide bonds. The number of carbonyl (C=O) groups is 2. The number of hydrogen-bond donors (Lipinski definition) is 2. The average Bonchev–Trinajstić information content (AvgIpc) is 3.44. The van der Waals surface area contributed by atoms with E-state index in [9.17, 15) is 9.59 Å². The molecule has 0 saturated carbocycles. The van der Waals surface area contributed by atoms with E-state index in [1.165, 1.54) is 6.21 Å². The molecule has 9 heteroatoms. The second kappa shape index (κ2) is 13.2. The van der Waals surface area contributed by atoms with Crippen molar-refractivity contribution < 1.29 is 14.3 Å². The summed E-state index contributed by atoms with van der Waals surface area (Å²) in [6.45, 7) is 0.210. The minimum Gasteiger partial charge on any atom is -0.489 e. The molecule has 0 spiro atoms. The first-order valence-corrected chi connectivity index (χ1v) is 13.2. The summed E-state index contributed by atoms with van der Waals surface area (Å²) in [6.07, 6.45) is 3.36. The van der Waals surface area contributed by atoms with Crippen LogP contribution in [-0.4, -0.2) is 34.4 Å². The van der Waals surface area contributed by atoms with E-state index in [1.807, 2.05) is 91.1 Å². The van der Waals surface area contributed by atoms with E-state index in [0.717, 1.165) is 22.6 Å². The normalized spacial score (nSPS) is 10.9. The van der Waals surface area contributed by atoms with Gasteiger partial charge in [0.2, 0.25) is 0 Å². The number of hydrazone groups is 1. The zero-order valence-corrected chi connectivity index (χ0v) is 22.7. The first-order chi connectivity index (χ1) is 20.1. The highest BCUT2D eigenvalue weighted by molar-refractivity contribution is 6.33. The number of ether oxygens (including phenoxy) is 1. The Kier molecular flexibility index (Phi) is 8.83. The molecular formula is C32H26ClN5O3. The maximum atomic E-state index is 12.3. The number of nitrogens with zero attached hydrogens (tertiary/aromatic N) is 3. The van der Waals surface area contributed by atoms with Crippen molar-refractivity contribution in [2.45, 2.75) is 6.61 Å². The highest BCUT2D eigenvalue weighted by Gasteiger charge is 2.13. The Morgan fingerprint density at radius 3 is 2.29 bits per heavy atom. The Balaban J connectivity index is 1.27. The lowest BCUT2D eigenvalue weighted by atomic mass is 10.1. The van der Waals surface area contributed by atoms with Gasteiger partial charge in [-0.1, -0.05) is 72.3 Å². The van der Waals surface area contributed by atoms with Crippen LogP contribution in [0.15, 0.2) is 120 Å². The quantitative estimate of drug-likeness (QED) is 0.169. The second-order valence-corrected chi connectivity index (χ2v) is 9.37. The van der Waals surface area contributed by atoms with Crippen molar-refractivity contribution in [2.24, 2.45) is 5.10 Å². The van der Waals surface area contributed by atoms with Gasteiger partial charge in [-0.15, -0.1) is 0 Å². The third-order valence-electron chi connectivity index (χ3n) is 6.06. The van der Waals surface area contributed by atoms with Gasteiger partial charge >= 0.3 is 0 Å². The first kappa shape index (κ1) is 27.4. The Hall–Kier alpha value is -5.21. The van der Waals surface area contributed by atoms with E-state index in [1.54, 1.807) is 28.9 Å². The Labute approximate surface area is 242 Å². The number of nitrogens with one attached hydrogen (secondary N) is 2. The van der Waals surface area contributed by atoms with Crippen LogP contribution in [0.3, 0.4) is 0 Å². The summed E-state index contributed by atoms with van der Waals surface area (Å²) in [4.78, 5) is 24.6. The van der Waals surface area contributed by atoms with Crippen LogP contribution < -0.4 is 15.5 Å². The zero-order valence-electron chi connectivity index (χ0n) is 21.9. The van der Waals surface area contributed by atoms with Crippen LogP contribution in [0.2, 0.25) is 5.02 Å². The number of hydrogen-bond acceptors (Lipinski definition) is 5. The van der Waals surface area contributed by atoms with Gasteiger partial charge in [-0.25, -0.2) is 10.1 Å². The molecule has 0 aliphatic carbocycles. The predicted octanol–water partition coefficient (Wildman–Crippen LogP) is 5.65. The second-order valence-electron chi connectivity index (χ2n) is 8.97. The lowest BCUT2D eigenvalue weighted by Gasteiger charge is -2.07. The van der Waals surface area contributed by atoms with E-state index in [4.69, 9.17) is 21.4 Å². The minimum absolute atomic E-state index is 0.262. The molecule has 204 valence electrons. The van der Waals surface area contributed by atoms with Gasteiger partial charge < -0.3 is 10.1 Å². The van der Waals surface area contributed by atoms with Gasteiger partial charge in [0.05, 0.1) is 29.0 Å². The SMILES string of the molecule is O=C(CNC(=O)c1ccccc1Cl)NN=Cc1cn(-c2ccccc2)nc1-c1ccc(OCc2ccccc2)cc1. The maximum Gasteiger partial charge on any atom is 0.259 e. The van der Waals surface area contributed by atoms with Crippen molar-refractivity contribution in [1.82, 2.24) is 20.5 Å². The molecule has 0 bridgehead atoms. The molecule has 0 atom stereocenters. The van der Waals surface area contributed by atoms with Crippen LogP contribution in [0.1, 0.15) is 21.5 Å². The Morgan fingerprint density at radius 1 is 0.878 bits per heavy atom. The van der Waals surface area contributed by atoms with Crippen LogP contribution in [0.5, 0.6) is 5.75 Å². The molecule has 8 nitrogen and oxygen atoms in total.